The molecule has 182 valence electrons. The minimum Gasteiger partial charge on any atom is -0.548 e. The van der Waals surface area contributed by atoms with Crippen molar-refractivity contribution >= 4 is 41.5 Å². The number of hydrogen-bond donors (Lipinski definition) is 2. The van der Waals surface area contributed by atoms with Crippen LogP contribution >= 0.6 is 0 Å². The molecular formula is C25H24N3O7-. The molecule has 10 nitrogen and oxygen atoms in total. The van der Waals surface area contributed by atoms with Gasteiger partial charge >= 0.3 is 0 Å². The highest BCUT2D eigenvalue weighted by molar-refractivity contribution is 6.11. The number of amides is 3. The number of nitrogens with one attached hydrogen (secondary N) is 2. The molecule has 2 N–H and O–H groups in total. The van der Waals surface area contributed by atoms with Crippen LogP contribution in [-0.2, 0) is 19.1 Å². The zero-order valence-corrected chi connectivity index (χ0v) is 19.0. The van der Waals surface area contributed by atoms with Crippen LogP contribution in [0.3, 0.4) is 0 Å². The molecule has 2 heterocycles. The van der Waals surface area contributed by atoms with Crippen molar-refractivity contribution < 1.29 is 33.8 Å². The van der Waals surface area contributed by atoms with Crippen LogP contribution in [0.4, 0.5) is 5.69 Å². The number of rotatable bonds is 8. The van der Waals surface area contributed by atoms with Crippen LogP contribution in [0.5, 0.6) is 5.75 Å². The maximum absolute atomic E-state index is 13.3. The van der Waals surface area contributed by atoms with Gasteiger partial charge in [-0.05, 0) is 41.8 Å². The number of anilines is 1. The third-order valence-electron chi connectivity index (χ3n) is 5.84. The van der Waals surface area contributed by atoms with Gasteiger partial charge < -0.3 is 34.9 Å². The number of carbonyl (C=O) groups is 4. The molecule has 10 heteroatoms. The topological polar surface area (TPSA) is 137 Å². The summed E-state index contributed by atoms with van der Waals surface area (Å²) in [6, 6.07) is 11.2. The second-order valence-electron chi connectivity index (χ2n) is 8.17. The minimum absolute atomic E-state index is 0.285. The molecule has 4 rings (SSSR count). The maximum Gasteiger partial charge on any atom is 0.256 e. The summed E-state index contributed by atoms with van der Waals surface area (Å²) < 4.78 is 9.90. The van der Waals surface area contributed by atoms with E-state index in [9.17, 15) is 24.3 Å². The van der Waals surface area contributed by atoms with Crippen LogP contribution in [0.2, 0.25) is 0 Å². The van der Waals surface area contributed by atoms with Crippen LogP contribution in [0, 0.1) is 0 Å². The molecule has 0 aliphatic carbocycles. The lowest BCUT2D eigenvalue weighted by molar-refractivity contribution is -0.309. The van der Waals surface area contributed by atoms with Crippen LogP contribution in [0.15, 0.2) is 42.5 Å². The molecule has 2 aliphatic rings. The van der Waals surface area contributed by atoms with E-state index < -0.39 is 43.1 Å². The lowest BCUT2D eigenvalue weighted by atomic mass is 10.1. The Hall–Kier alpha value is -4.18. The maximum atomic E-state index is 13.3. The molecule has 35 heavy (non-hydrogen) atoms. The van der Waals surface area contributed by atoms with E-state index >= 15 is 0 Å². The first-order valence-electron chi connectivity index (χ1n) is 11.0. The van der Waals surface area contributed by atoms with Crippen molar-refractivity contribution in [1.29, 1.82) is 0 Å². The first-order valence-corrected chi connectivity index (χ1v) is 11.0. The number of ether oxygens (including phenoxy) is 2. The predicted molar refractivity (Wildman–Crippen MR) is 124 cm³/mol. The number of carboxylic acid groups (broad SMARTS) is 1. The van der Waals surface area contributed by atoms with Crippen LogP contribution < -0.4 is 20.5 Å². The van der Waals surface area contributed by atoms with Gasteiger partial charge in [0.2, 0.25) is 11.8 Å². The average Bonchev–Trinajstić information content (AvgIpc) is 3.22. The lowest BCUT2D eigenvalue weighted by Crippen LogP contribution is -2.52. The smallest absolute Gasteiger partial charge is 0.256 e. The molecule has 1 saturated heterocycles. The van der Waals surface area contributed by atoms with Gasteiger partial charge in [0.15, 0.2) is 0 Å². The van der Waals surface area contributed by atoms with Crippen molar-refractivity contribution in [3.63, 3.8) is 0 Å². The van der Waals surface area contributed by atoms with Gasteiger partial charge in [-0.2, -0.15) is 0 Å². The summed E-state index contributed by atoms with van der Waals surface area (Å²) in [5.41, 5.74) is 2.51. The van der Waals surface area contributed by atoms with Crippen LogP contribution in [-0.4, -0.2) is 67.5 Å². The van der Waals surface area contributed by atoms with Gasteiger partial charge in [-0.1, -0.05) is 30.4 Å². The third kappa shape index (κ3) is 5.49. The third-order valence-corrected chi connectivity index (χ3v) is 5.84. The molecule has 3 amide bonds. The Kier molecular flexibility index (Phi) is 7.11. The number of carboxylic acids is 1. The fourth-order valence-corrected chi connectivity index (χ4v) is 4.19. The van der Waals surface area contributed by atoms with Gasteiger partial charge in [-0.3, -0.25) is 14.4 Å². The molecule has 0 spiro atoms. The quantitative estimate of drug-likeness (QED) is 0.520. The summed E-state index contributed by atoms with van der Waals surface area (Å²) in [7, 11) is 1.60. The van der Waals surface area contributed by atoms with E-state index in [4.69, 9.17) is 9.47 Å². The highest BCUT2D eigenvalue weighted by atomic mass is 16.5. The Labute approximate surface area is 201 Å². The summed E-state index contributed by atoms with van der Waals surface area (Å²) in [6.45, 7) is -0.916. The van der Waals surface area contributed by atoms with E-state index in [1.807, 2.05) is 36.4 Å². The first kappa shape index (κ1) is 24.0. The number of benzene rings is 2. The molecule has 2 aromatic carbocycles. The van der Waals surface area contributed by atoms with E-state index in [0.717, 1.165) is 16.9 Å². The molecule has 2 aliphatic heterocycles. The first-order chi connectivity index (χ1) is 16.9. The Morgan fingerprint density at radius 2 is 1.83 bits per heavy atom. The van der Waals surface area contributed by atoms with Gasteiger partial charge in [0.05, 0.1) is 37.0 Å². The van der Waals surface area contributed by atoms with Gasteiger partial charge in [-0.25, -0.2) is 0 Å². The molecule has 2 aromatic rings. The number of aliphatic carboxylic acids is 1. The number of carbonyl (C=O) groups excluding carboxylic acids is 4. The molecular weight excluding hydrogens is 454 g/mol. The number of fused-ring (bicyclic) bond motifs is 2. The Morgan fingerprint density at radius 3 is 2.54 bits per heavy atom. The van der Waals surface area contributed by atoms with Crippen LogP contribution in [0.1, 0.15) is 27.9 Å². The monoisotopic (exact) mass is 478 g/mol. The van der Waals surface area contributed by atoms with Crippen molar-refractivity contribution in [3.8, 4) is 5.75 Å². The Morgan fingerprint density at radius 1 is 1.11 bits per heavy atom. The van der Waals surface area contributed by atoms with Gasteiger partial charge in [0, 0.05) is 6.54 Å². The minimum atomic E-state index is -1.44. The summed E-state index contributed by atoms with van der Waals surface area (Å²) in [5, 5.41) is 15.9. The van der Waals surface area contributed by atoms with Crippen molar-refractivity contribution in [2.24, 2.45) is 0 Å². The second-order valence-corrected chi connectivity index (χ2v) is 8.17. The molecule has 2 atom stereocenters. The summed E-state index contributed by atoms with van der Waals surface area (Å²) in [6.07, 6.45) is 4.16. The summed E-state index contributed by atoms with van der Waals surface area (Å²) >= 11 is 0. The van der Waals surface area contributed by atoms with E-state index in [2.05, 4.69) is 10.6 Å². The van der Waals surface area contributed by atoms with Crippen molar-refractivity contribution in [2.45, 2.75) is 18.5 Å². The largest absolute Gasteiger partial charge is 0.548 e. The Bertz CT molecular complexity index is 1180. The second kappa shape index (κ2) is 10.4. The molecule has 1 fully saturated rings. The summed E-state index contributed by atoms with van der Waals surface area (Å²) in [5.74, 6) is -1.97. The molecule has 0 bridgehead atoms. The highest BCUT2D eigenvalue weighted by Gasteiger charge is 2.45. The molecule has 0 aromatic heterocycles. The normalized spacial score (nSPS) is 19.1. The van der Waals surface area contributed by atoms with Crippen LogP contribution in [0.25, 0.3) is 12.2 Å². The van der Waals surface area contributed by atoms with Crippen molar-refractivity contribution in [1.82, 2.24) is 10.2 Å². The van der Waals surface area contributed by atoms with Gasteiger partial charge in [0.25, 0.3) is 5.91 Å². The van der Waals surface area contributed by atoms with E-state index in [-0.39, 0.29) is 12.5 Å². The number of nitrogens with zero attached hydrogens (tertiary/aromatic N) is 1. The van der Waals surface area contributed by atoms with Gasteiger partial charge in [-0.15, -0.1) is 0 Å². The SMILES string of the molecule is COc1ccc(/C=C/c2ccc3c(c2)C(=O)N2CC[C@H](NC(=O)COCC(=O)[O-])[C@H]2C(=O)N3)cc1. The van der Waals surface area contributed by atoms with E-state index in [1.165, 1.54) is 4.90 Å². The van der Waals surface area contributed by atoms with Gasteiger partial charge in [0.1, 0.15) is 18.4 Å². The predicted octanol–water partition coefficient (Wildman–Crippen LogP) is 0.284. The fourth-order valence-electron chi connectivity index (χ4n) is 4.19. The van der Waals surface area contributed by atoms with Crippen molar-refractivity contribution in [3.05, 3.63) is 59.2 Å². The zero-order valence-electron chi connectivity index (χ0n) is 19.0. The average molecular weight is 478 g/mol. The highest BCUT2D eigenvalue weighted by Crippen LogP contribution is 2.30. The zero-order chi connectivity index (χ0) is 24.9. The standard InChI is InChI=1S/C25H25N3O7/c1-34-17-7-4-15(5-8-17)2-3-16-6-9-19-18(12-16)25(33)28-11-10-20(23(28)24(32)27-19)26-21(29)13-35-14-22(30)31/h2-9,12,20,23H,10-11,13-14H2,1H3,(H,26,29)(H,27,32)(H,30,31)/p-1/b3-2+/t20-,23-/m0/s1. The van der Waals surface area contributed by atoms with E-state index in [0.29, 0.717) is 17.7 Å². The summed E-state index contributed by atoms with van der Waals surface area (Å²) in [4.78, 5) is 50.3. The number of methoxy groups -OCH3 is 1. The number of hydrogen-bond acceptors (Lipinski definition) is 7. The van der Waals surface area contributed by atoms with Crippen molar-refractivity contribution in [2.75, 3.05) is 32.2 Å². The Balaban J connectivity index is 1.48. The van der Waals surface area contributed by atoms with E-state index in [1.54, 1.807) is 25.3 Å². The fraction of sp³-hybridized carbons (Fsp3) is 0.280. The lowest BCUT2D eigenvalue weighted by Gasteiger charge is -2.25. The molecule has 0 saturated carbocycles. The molecule has 0 unspecified atom stereocenters. The molecule has 0 radical (unpaired) electrons.